The Hall–Kier alpha value is -1.15. The summed E-state index contributed by atoms with van der Waals surface area (Å²) in [6.45, 7) is 14.8. The molecule has 2 heteroatoms. The maximum absolute atomic E-state index is 2.65. The van der Waals surface area contributed by atoms with Gasteiger partial charge in [0, 0.05) is 0 Å². The third-order valence-electron chi connectivity index (χ3n) is 8.10. The minimum atomic E-state index is -2.23. The van der Waals surface area contributed by atoms with Crippen LogP contribution in [0.3, 0.4) is 0 Å². The van der Waals surface area contributed by atoms with E-state index in [0.717, 1.165) is 0 Å². The third-order valence-corrected chi connectivity index (χ3v) is 18.8. The third kappa shape index (κ3) is 3.29. The van der Waals surface area contributed by atoms with E-state index in [9.17, 15) is 0 Å². The SMILES string of the molecule is CCC(C)[Si](c1ccccc1)(c1ccccc1)C1(C)C(C)=C(C)C(C)=[C]1[Ti]([CH3])([CH3])[CH3]. The topological polar surface area (TPSA) is 0 Å². The number of allylic oxidation sites excluding steroid dienone is 4. The van der Waals surface area contributed by atoms with E-state index < -0.39 is 24.7 Å². The summed E-state index contributed by atoms with van der Waals surface area (Å²) in [7, 11) is -2.23. The van der Waals surface area contributed by atoms with E-state index in [-0.39, 0.29) is 5.04 Å². The van der Waals surface area contributed by atoms with Crippen LogP contribution in [0.1, 0.15) is 48.0 Å². The summed E-state index contributed by atoms with van der Waals surface area (Å²) in [4.78, 5) is 0. The van der Waals surface area contributed by atoms with Crippen LogP contribution in [0.15, 0.2) is 81.3 Å². The van der Waals surface area contributed by atoms with E-state index in [4.69, 9.17) is 0 Å². The average molecular weight is 453 g/mol. The van der Waals surface area contributed by atoms with Gasteiger partial charge in [-0.2, -0.15) is 0 Å². The fourth-order valence-electron chi connectivity index (χ4n) is 6.73. The van der Waals surface area contributed by atoms with Crippen LogP contribution in [-0.2, 0) is 16.6 Å². The van der Waals surface area contributed by atoms with E-state index in [1.165, 1.54) is 6.42 Å². The van der Waals surface area contributed by atoms with Crippen LogP contribution in [0.2, 0.25) is 26.3 Å². The summed E-state index contributed by atoms with van der Waals surface area (Å²) in [5.74, 6) is 0. The molecule has 0 bridgehead atoms. The van der Waals surface area contributed by atoms with Crippen molar-refractivity contribution in [2.24, 2.45) is 0 Å². The van der Waals surface area contributed by atoms with Crippen molar-refractivity contribution in [2.45, 2.75) is 74.2 Å². The van der Waals surface area contributed by atoms with Gasteiger partial charge in [-0.25, -0.2) is 0 Å². The Morgan fingerprint density at radius 2 is 1.23 bits per heavy atom. The molecule has 0 N–H and O–H groups in total. The van der Waals surface area contributed by atoms with Crippen molar-refractivity contribution in [1.29, 1.82) is 0 Å². The molecule has 1 aliphatic rings. The molecule has 0 aliphatic heterocycles. The predicted molar refractivity (Wildman–Crippen MR) is 135 cm³/mol. The predicted octanol–water partition coefficient (Wildman–Crippen LogP) is 7.73. The summed E-state index contributed by atoms with van der Waals surface area (Å²) < 4.78 is 1.84. The number of rotatable bonds is 6. The summed E-state index contributed by atoms with van der Waals surface area (Å²) in [6, 6.07) is 23.2. The molecular formula is C28H40SiTi. The molecule has 30 heavy (non-hydrogen) atoms. The first-order valence-corrected chi connectivity index (χ1v) is 19.1. The molecule has 0 saturated heterocycles. The first-order valence-electron chi connectivity index (χ1n) is 11.6. The van der Waals surface area contributed by atoms with E-state index in [2.05, 4.69) is 118 Å². The van der Waals surface area contributed by atoms with E-state index in [1.807, 2.05) is 3.88 Å². The molecule has 0 nitrogen and oxygen atoms in total. The van der Waals surface area contributed by atoms with Gasteiger partial charge in [0.15, 0.2) is 0 Å². The summed E-state index contributed by atoms with van der Waals surface area (Å²) in [6.07, 6.45) is 1.21. The van der Waals surface area contributed by atoms with Gasteiger partial charge >= 0.3 is 191 Å². The van der Waals surface area contributed by atoms with Crippen molar-refractivity contribution in [2.75, 3.05) is 0 Å². The molecule has 0 spiro atoms. The fourth-order valence-corrected chi connectivity index (χ4v) is 20.9. The molecule has 0 fully saturated rings. The van der Waals surface area contributed by atoms with Crippen molar-refractivity contribution in [3.8, 4) is 0 Å². The first-order chi connectivity index (χ1) is 14.0. The second-order valence-electron chi connectivity index (χ2n) is 10.5. The Morgan fingerprint density at radius 1 is 0.800 bits per heavy atom. The quantitative estimate of drug-likeness (QED) is 0.393. The van der Waals surface area contributed by atoms with Crippen LogP contribution in [-0.4, -0.2) is 8.07 Å². The van der Waals surface area contributed by atoms with E-state index in [1.54, 1.807) is 27.1 Å². The van der Waals surface area contributed by atoms with Crippen LogP contribution >= 0.6 is 0 Å². The van der Waals surface area contributed by atoms with Gasteiger partial charge in [0.25, 0.3) is 0 Å². The second-order valence-corrected chi connectivity index (χ2v) is 23.0. The molecule has 2 unspecified atom stereocenters. The number of hydrogen-bond acceptors (Lipinski definition) is 0. The molecule has 3 rings (SSSR count). The van der Waals surface area contributed by atoms with Gasteiger partial charge in [-0.05, 0) is 0 Å². The van der Waals surface area contributed by atoms with Crippen molar-refractivity contribution in [3.05, 3.63) is 81.3 Å². The van der Waals surface area contributed by atoms with E-state index in [0.29, 0.717) is 5.54 Å². The summed E-state index contributed by atoms with van der Waals surface area (Å²) >= 11 is -2.16. The molecule has 1 aliphatic carbocycles. The molecular weight excluding hydrogens is 412 g/mol. The summed E-state index contributed by atoms with van der Waals surface area (Å²) in [5, 5.41) is 11.1. The molecule has 2 aromatic carbocycles. The fraction of sp³-hybridized carbons (Fsp3) is 0.429. The Kier molecular flexibility index (Phi) is 6.59. The zero-order valence-corrected chi connectivity index (χ0v) is 23.1. The second kappa shape index (κ2) is 8.41. The average Bonchev–Trinajstić information content (AvgIpc) is 2.90. The van der Waals surface area contributed by atoms with Crippen molar-refractivity contribution in [1.82, 2.24) is 0 Å². The molecule has 0 amide bonds. The van der Waals surface area contributed by atoms with Gasteiger partial charge in [-0.1, -0.05) is 0 Å². The first kappa shape index (κ1) is 23.5. The molecule has 0 radical (unpaired) electrons. The number of hydrogen-bond donors (Lipinski definition) is 0. The minimum absolute atomic E-state index is 0.123. The van der Waals surface area contributed by atoms with Crippen molar-refractivity contribution in [3.63, 3.8) is 0 Å². The van der Waals surface area contributed by atoms with Gasteiger partial charge < -0.3 is 0 Å². The van der Waals surface area contributed by atoms with Crippen molar-refractivity contribution < 1.29 is 16.6 Å². The monoisotopic (exact) mass is 452 g/mol. The zero-order valence-electron chi connectivity index (χ0n) is 20.6. The van der Waals surface area contributed by atoms with Crippen LogP contribution in [0, 0.1) is 0 Å². The van der Waals surface area contributed by atoms with Gasteiger partial charge in [-0.15, -0.1) is 0 Å². The standard InChI is InChI=1S/C25H31Si.3CH3.Ti/c1-7-20(3)26(23-14-10-8-11-15-23,24-16-12-9-13-17-24)25(6)18-19(2)21(4)22(25)5;;;;/h8-17,20H,7H2,1-6H3;3*1H3;. The molecule has 0 heterocycles. The Balaban J connectivity index is 2.56. The molecule has 0 aromatic heterocycles. The Bertz CT molecular complexity index is 923. The van der Waals surface area contributed by atoms with Gasteiger partial charge in [0.2, 0.25) is 0 Å². The Morgan fingerprint density at radius 3 is 1.60 bits per heavy atom. The molecule has 2 aromatic rings. The molecule has 2 atom stereocenters. The van der Waals surface area contributed by atoms with Crippen LogP contribution in [0.5, 0.6) is 0 Å². The van der Waals surface area contributed by atoms with Gasteiger partial charge in [0.1, 0.15) is 0 Å². The van der Waals surface area contributed by atoms with Gasteiger partial charge in [-0.3, -0.25) is 0 Å². The maximum atomic E-state index is 2.65. The van der Waals surface area contributed by atoms with Crippen LogP contribution in [0.25, 0.3) is 0 Å². The Labute approximate surface area is 189 Å². The summed E-state index contributed by atoms with van der Waals surface area (Å²) in [5.41, 5.74) is 5.44. The normalized spacial score (nSPS) is 21.4. The van der Waals surface area contributed by atoms with Crippen LogP contribution in [0.4, 0.5) is 0 Å². The molecule has 0 saturated carbocycles. The molecule has 160 valence electrons. The zero-order chi connectivity index (χ0) is 22.3. The van der Waals surface area contributed by atoms with Crippen molar-refractivity contribution >= 4 is 18.4 Å². The van der Waals surface area contributed by atoms with Crippen LogP contribution < -0.4 is 10.4 Å². The van der Waals surface area contributed by atoms with E-state index >= 15 is 0 Å². The van der Waals surface area contributed by atoms with Gasteiger partial charge in [0.05, 0.1) is 0 Å². The number of benzene rings is 2.